The molecule has 0 aromatic carbocycles. The Morgan fingerprint density at radius 1 is 0.812 bits per heavy atom. The molecule has 98 valence electrons. The summed E-state index contributed by atoms with van der Waals surface area (Å²) in [7, 11) is 0. The second-order valence-corrected chi connectivity index (χ2v) is 5.11. The van der Waals surface area contributed by atoms with Gasteiger partial charge < -0.3 is 9.47 Å². The molecule has 0 aromatic rings. The van der Waals surface area contributed by atoms with Crippen molar-refractivity contribution in [3.8, 4) is 0 Å². The van der Waals surface area contributed by atoms with Crippen molar-refractivity contribution in [3.63, 3.8) is 0 Å². The molecular weight excluding hydrogens is 200 g/mol. The van der Waals surface area contributed by atoms with Crippen LogP contribution in [0.1, 0.15) is 67.2 Å². The SMILES string of the molecule is CCCCCC(OC(C)C)C(C)OC(C)C. The molecular formula is C14H30O2. The fourth-order valence-corrected chi connectivity index (χ4v) is 1.88. The first-order valence-corrected chi connectivity index (χ1v) is 6.78. The lowest BCUT2D eigenvalue weighted by Crippen LogP contribution is -2.33. The number of ether oxygens (including phenoxy) is 2. The summed E-state index contributed by atoms with van der Waals surface area (Å²) in [6.45, 7) is 12.7. The molecule has 0 rings (SSSR count). The number of hydrogen-bond acceptors (Lipinski definition) is 2. The van der Waals surface area contributed by atoms with Crippen molar-refractivity contribution >= 4 is 0 Å². The Bertz CT molecular complexity index is 155. The molecule has 0 aliphatic heterocycles. The van der Waals surface area contributed by atoms with Gasteiger partial charge in [0.25, 0.3) is 0 Å². The van der Waals surface area contributed by atoms with E-state index in [1.807, 2.05) is 0 Å². The second-order valence-electron chi connectivity index (χ2n) is 5.11. The highest BCUT2D eigenvalue weighted by Gasteiger charge is 2.20. The molecule has 16 heavy (non-hydrogen) atoms. The maximum absolute atomic E-state index is 5.93. The zero-order valence-corrected chi connectivity index (χ0v) is 12.0. The van der Waals surface area contributed by atoms with Crippen LogP contribution >= 0.6 is 0 Å². The Morgan fingerprint density at radius 3 is 1.81 bits per heavy atom. The molecule has 0 amide bonds. The summed E-state index contributed by atoms with van der Waals surface area (Å²) >= 11 is 0. The van der Waals surface area contributed by atoms with Gasteiger partial charge >= 0.3 is 0 Å². The standard InChI is InChI=1S/C14H30O2/c1-7-8-9-10-14(16-12(4)5)13(6)15-11(2)3/h11-14H,7-10H2,1-6H3. The van der Waals surface area contributed by atoms with Gasteiger partial charge in [-0.2, -0.15) is 0 Å². The average molecular weight is 230 g/mol. The summed E-state index contributed by atoms with van der Waals surface area (Å²) in [4.78, 5) is 0. The first-order valence-electron chi connectivity index (χ1n) is 6.78. The number of hydrogen-bond donors (Lipinski definition) is 0. The average Bonchev–Trinajstić information content (AvgIpc) is 2.14. The first kappa shape index (κ1) is 15.9. The van der Waals surface area contributed by atoms with Crippen LogP contribution in [-0.4, -0.2) is 24.4 Å². The normalized spacial score (nSPS) is 15.8. The molecule has 0 aliphatic carbocycles. The highest BCUT2D eigenvalue weighted by molar-refractivity contribution is 4.68. The summed E-state index contributed by atoms with van der Waals surface area (Å²) in [5, 5.41) is 0. The first-order chi connectivity index (χ1) is 7.47. The van der Waals surface area contributed by atoms with Gasteiger partial charge in [0, 0.05) is 0 Å². The predicted molar refractivity (Wildman–Crippen MR) is 69.8 cm³/mol. The predicted octanol–water partition coefficient (Wildman–Crippen LogP) is 4.17. The third-order valence-electron chi connectivity index (χ3n) is 2.55. The van der Waals surface area contributed by atoms with Crippen molar-refractivity contribution in [2.45, 2.75) is 91.6 Å². The van der Waals surface area contributed by atoms with Gasteiger partial charge in [-0.05, 0) is 41.0 Å². The van der Waals surface area contributed by atoms with Crippen LogP contribution in [0, 0.1) is 0 Å². The summed E-state index contributed by atoms with van der Waals surface area (Å²) in [5.74, 6) is 0. The van der Waals surface area contributed by atoms with E-state index in [1.165, 1.54) is 19.3 Å². The van der Waals surface area contributed by atoms with Gasteiger partial charge in [-0.1, -0.05) is 26.2 Å². The molecule has 2 unspecified atom stereocenters. The summed E-state index contributed by atoms with van der Waals surface area (Å²) in [6, 6.07) is 0. The third kappa shape index (κ3) is 8.12. The monoisotopic (exact) mass is 230 g/mol. The Hall–Kier alpha value is -0.0800. The van der Waals surface area contributed by atoms with Crippen molar-refractivity contribution in [2.24, 2.45) is 0 Å². The second kappa shape index (κ2) is 9.00. The van der Waals surface area contributed by atoms with E-state index < -0.39 is 0 Å². The van der Waals surface area contributed by atoms with Gasteiger partial charge in [0.15, 0.2) is 0 Å². The van der Waals surface area contributed by atoms with Crippen LogP contribution in [-0.2, 0) is 9.47 Å². The molecule has 0 saturated heterocycles. The van der Waals surface area contributed by atoms with Gasteiger partial charge in [0.1, 0.15) is 0 Å². The van der Waals surface area contributed by atoms with Crippen molar-refractivity contribution in [1.29, 1.82) is 0 Å². The molecule has 0 saturated carbocycles. The highest BCUT2D eigenvalue weighted by atomic mass is 16.5. The molecule has 2 heteroatoms. The van der Waals surface area contributed by atoms with E-state index in [2.05, 4.69) is 41.5 Å². The Labute approximate surface area is 102 Å². The lowest BCUT2D eigenvalue weighted by molar-refractivity contribution is -0.105. The third-order valence-corrected chi connectivity index (χ3v) is 2.55. The maximum Gasteiger partial charge on any atom is 0.0837 e. The van der Waals surface area contributed by atoms with Gasteiger partial charge in [-0.25, -0.2) is 0 Å². The van der Waals surface area contributed by atoms with Gasteiger partial charge in [-0.15, -0.1) is 0 Å². The van der Waals surface area contributed by atoms with E-state index in [1.54, 1.807) is 0 Å². The summed E-state index contributed by atoms with van der Waals surface area (Å²) < 4.78 is 11.8. The van der Waals surface area contributed by atoms with E-state index in [9.17, 15) is 0 Å². The van der Waals surface area contributed by atoms with Crippen LogP contribution in [0.15, 0.2) is 0 Å². The van der Waals surface area contributed by atoms with Crippen LogP contribution in [0.4, 0.5) is 0 Å². The smallest absolute Gasteiger partial charge is 0.0837 e. The molecule has 0 N–H and O–H groups in total. The Balaban J connectivity index is 4.06. The Morgan fingerprint density at radius 2 is 1.38 bits per heavy atom. The van der Waals surface area contributed by atoms with E-state index in [0.717, 1.165) is 6.42 Å². The molecule has 2 atom stereocenters. The molecule has 0 heterocycles. The van der Waals surface area contributed by atoms with Crippen LogP contribution in [0.5, 0.6) is 0 Å². The van der Waals surface area contributed by atoms with E-state index in [0.29, 0.717) is 0 Å². The molecule has 2 nitrogen and oxygen atoms in total. The molecule has 0 aliphatic rings. The zero-order valence-electron chi connectivity index (χ0n) is 12.0. The van der Waals surface area contributed by atoms with Crippen LogP contribution in [0.3, 0.4) is 0 Å². The molecule has 0 fully saturated rings. The molecule has 0 bridgehead atoms. The van der Waals surface area contributed by atoms with Crippen molar-refractivity contribution < 1.29 is 9.47 Å². The fourth-order valence-electron chi connectivity index (χ4n) is 1.88. The number of unbranched alkanes of at least 4 members (excludes halogenated alkanes) is 2. The fraction of sp³-hybridized carbons (Fsp3) is 1.00. The van der Waals surface area contributed by atoms with E-state index >= 15 is 0 Å². The van der Waals surface area contributed by atoms with Gasteiger partial charge in [0.05, 0.1) is 24.4 Å². The molecule has 0 radical (unpaired) electrons. The largest absolute Gasteiger partial charge is 0.373 e. The van der Waals surface area contributed by atoms with Crippen molar-refractivity contribution in [3.05, 3.63) is 0 Å². The highest BCUT2D eigenvalue weighted by Crippen LogP contribution is 2.16. The van der Waals surface area contributed by atoms with E-state index in [4.69, 9.17) is 9.47 Å². The maximum atomic E-state index is 5.93. The lowest BCUT2D eigenvalue weighted by atomic mass is 10.1. The minimum atomic E-state index is 0.194. The summed E-state index contributed by atoms with van der Waals surface area (Å²) in [5.41, 5.74) is 0. The number of rotatable bonds is 9. The lowest BCUT2D eigenvalue weighted by Gasteiger charge is -2.28. The quantitative estimate of drug-likeness (QED) is 0.553. The van der Waals surface area contributed by atoms with Gasteiger partial charge in [-0.3, -0.25) is 0 Å². The van der Waals surface area contributed by atoms with Crippen LogP contribution in [0.2, 0.25) is 0 Å². The minimum absolute atomic E-state index is 0.194. The van der Waals surface area contributed by atoms with Crippen molar-refractivity contribution in [1.82, 2.24) is 0 Å². The molecule has 0 spiro atoms. The Kier molecular flexibility index (Phi) is 8.96. The van der Waals surface area contributed by atoms with Crippen LogP contribution < -0.4 is 0 Å². The molecule has 0 aromatic heterocycles. The van der Waals surface area contributed by atoms with Crippen molar-refractivity contribution in [2.75, 3.05) is 0 Å². The van der Waals surface area contributed by atoms with Crippen LogP contribution in [0.25, 0.3) is 0 Å². The zero-order chi connectivity index (χ0) is 12.6. The summed E-state index contributed by atoms with van der Waals surface area (Å²) in [6.07, 6.45) is 5.89. The van der Waals surface area contributed by atoms with E-state index in [-0.39, 0.29) is 24.4 Å². The minimum Gasteiger partial charge on any atom is -0.373 e. The topological polar surface area (TPSA) is 18.5 Å². The van der Waals surface area contributed by atoms with Gasteiger partial charge in [0.2, 0.25) is 0 Å².